The Kier molecular flexibility index (Phi) is 9.88. The third-order valence-electron chi connectivity index (χ3n) is 10.6. The minimum absolute atomic E-state index is 0.602. The van der Waals surface area contributed by atoms with Gasteiger partial charge in [0.2, 0.25) is 0 Å². The number of hydrogen-bond donors (Lipinski definition) is 0. The van der Waals surface area contributed by atoms with Crippen molar-refractivity contribution in [1.29, 1.82) is 0 Å². The van der Waals surface area contributed by atoms with Gasteiger partial charge in [0.05, 0.1) is 11.4 Å². The molecule has 0 aliphatic heterocycles. The zero-order valence-electron chi connectivity index (χ0n) is 32.6. The van der Waals surface area contributed by atoms with Gasteiger partial charge in [-0.15, -0.1) is 0 Å². The zero-order valence-corrected chi connectivity index (χ0v) is 32.6. The molecule has 8 aromatic carbocycles. The first kappa shape index (κ1) is 36.2. The molecule has 2 aromatic heterocycles. The summed E-state index contributed by atoms with van der Waals surface area (Å²) in [5, 5.41) is 0. The molecule has 0 fully saturated rings. The number of benzene rings is 8. The van der Waals surface area contributed by atoms with Crippen LogP contribution in [-0.4, -0.2) is 24.9 Å². The van der Waals surface area contributed by atoms with Crippen molar-refractivity contribution in [3.63, 3.8) is 0 Å². The number of hydrogen-bond acceptors (Lipinski definition) is 5. The van der Waals surface area contributed by atoms with Crippen LogP contribution in [0.25, 0.3) is 101 Å². The first-order valence-electron chi connectivity index (χ1n) is 20.0. The Morgan fingerprint density at radius 3 is 0.933 bits per heavy atom. The third kappa shape index (κ3) is 7.76. The van der Waals surface area contributed by atoms with Gasteiger partial charge in [-0.05, 0) is 57.6 Å². The fraction of sp³-hybridized carbons (Fsp3) is 0. The quantitative estimate of drug-likeness (QED) is 0.146. The summed E-state index contributed by atoms with van der Waals surface area (Å²) >= 11 is 0. The largest absolute Gasteiger partial charge is 0.228 e. The molecule has 0 aliphatic carbocycles. The van der Waals surface area contributed by atoms with E-state index < -0.39 is 0 Å². The van der Waals surface area contributed by atoms with E-state index in [2.05, 4.69) is 140 Å². The SMILES string of the molecule is c1ccc(-c2ccc(-c3cccc(-c4nc(-c5ccccc5)nc(-c5cccc(-c6cccc(-c7cc(-c8ccccc8)nc(-c8ccccc8)n7)c6)c5)n4)c3)cc2)cc1. The van der Waals surface area contributed by atoms with Crippen molar-refractivity contribution in [3.8, 4) is 101 Å². The van der Waals surface area contributed by atoms with Gasteiger partial charge in [0.15, 0.2) is 23.3 Å². The average Bonchev–Trinajstić information content (AvgIpc) is 3.35. The van der Waals surface area contributed by atoms with E-state index in [1.807, 2.05) is 84.9 Å². The highest BCUT2D eigenvalue weighted by Gasteiger charge is 2.15. The number of rotatable bonds is 9. The lowest BCUT2D eigenvalue weighted by Crippen LogP contribution is -2.00. The van der Waals surface area contributed by atoms with Crippen molar-refractivity contribution in [3.05, 3.63) is 224 Å². The monoisotopic (exact) mass is 767 g/mol. The van der Waals surface area contributed by atoms with Gasteiger partial charge in [-0.1, -0.05) is 200 Å². The third-order valence-corrected chi connectivity index (χ3v) is 10.6. The van der Waals surface area contributed by atoms with Crippen molar-refractivity contribution in [1.82, 2.24) is 24.9 Å². The standard InChI is InChI=1S/C55H37N5/c1-5-16-38(17-6-1)39-30-32-40(33-31-39)44-24-14-28-48(35-44)54-58-53(43-22-11-4-12-23-43)59-55(60-54)49-29-15-26-46(36-49)45-25-13-27-47(34-45)51-37-50(41-18-7-2-8-19-41)56-52(57-51)42-20-9-3-10-21-42/h1-37H. The summed E-state index contributed by atoms with van der Waals surface area (Å²) in [6.07, 6.45) is 0. The summed E-state index contributed by atoms with van der Waals surface area (Å²) in [6, 6.07) is 77.0. The Balaban J connectivity index is 1.02. The minimum Gasteiger partial charge on any atom is -0.228 e. The summed E-state index contributed by atoms with van der Waals surface area (Å²) in [7, 11) is 0. The highest BCUT2D eigenvalue weighted by atomic mass is 15.0. The molecule has 5 heteroatoms. The van der Waals surface area contributed by atoms with Gasteiger partial charge in [0.25, 0.3) is 0 Å². The van der Waals surface area contributed by atoms with E-state index in [1.54, 1.807) is 0 Å². The van der Waals surface area contributed by atoms with E-state index in [4.69, 9.17) is 24.9 Å². The molecule has 0 unspecified atom stereocenters. The molecule has 0 bridgehead atoms. The van der Waals surface area contributed by atoms with E-state index >= 15 is 0 Å². The van der Waals surface area contributed by atoms with Crippen LogP contribution in [0, 0.1) is 0 Å². The van der Waals surface area contributed by atoms with Crippen LogP contribution in [0.2, 0.25) is 0 Å². The van der Waals surface area contributed by atoms with Gasteiger partial charge in [0, 0.05) is 33.4 Å². The number of nitrogens with zero attached hydrogens (tertiary/aromatic N) is 5. The molecule has 10 aromatic rings. The van der Waals surface area contributed by atoms with Crippen molar-refractivity contribution in [2.24, 2.45) is 0 Å². The fourth-order valence-corrected chi connectivity index (χ4v) is 7.44. The summed E-state index contributed by atoms with van der Waals surface area (Å²) in [6.45, 7) is 0. The Hall–Kier alpha value is -8.15. The molecule has 10 rings (SSSR count). The molecule has 0 radical (unpaired) electrons. The molecule has 0 N–H and O–H groups in total. The molecule has 0 amide bonds. The van der Waals surface area contributed by atoms with E-state index in [0.717, 1.165) is 67.0 Å². The van der Waals surface area contributed by atoms with E-state index in [1.165, 1.54) is 11.1 Å². The normalized spacial score (nSPS) is 11.0. The van der Waals surface area contributed by atoms with Crippen molar-refractivity contribution in [2.45, 2.75) is 0 Å². The second-order valence-corrected chi connectivity index (χ2v) is 14.6. The van der Waals surface area contributed by atoms with Gasteiger partial charge >= 0.3 is 0 Å². The lowest BCUT2D eigenvalue weighted by atomic mass is 9.98. The van der Waals surface area contributed by atoms with Crippen LogP contribution in [-0.2, 0) is 0 Å². The molecular formula is C55H37N5. The van der Waals surface area contributed by atoms with Crippen LogP contribution in [0.4, 0.5) is 0 Å². The molecule has 5 nitrogen and oxygen atoms in total. The van der Waals surface area contributed by atoms with Crippen LogP contribution < -0.4 is 0 Å². The minimum atomic E-state index is 0.602. The number of aromatic nitrogens is 5. The van der Waals surface area contributed by atoms with E-state index in [9.17, 15) is 0 Å². The molecule has 2 heterocycles. The van der Waals surface area contributed by atoms with E-state index in [-0.39, 0.29) is 0 Å². The van der Waals surface area contributed by atoms with Gasteiger partial charge < -0.3 is 0 Å². The van der Waals surface area contributed by atoms with Gasteiger partial charge in [-0.25, -0.2) is 24.9 Å². The Morgan fingerprint density at radius 1 is 0.167 bits per heavy atom. The van der Waals surface area contributed by atoms with Crippen molar-refractivity contribution < 1.29 is 0 Å². The molecule has 282 valence electrons. The highest BCUT2D eigenvalue weighted by molar-refractivity contribution is 5.79. The first-order valence-corrected chi connectivity index (χ1v) is 20.0. The van der Waals surface area contributed by atoms with Gasteiger partial charge in [0.1, 0.15) is 0 Å². The van der Waals surface area contributed by atoms with Crippen LogP contribution in [0.15, 0.2) is 224 Å². The second kappa shape index (κ2) is 16.4. The van der Waals surface area contributed by atoms with Crippen molar-refractivity contribution >= 4 is 0 Å². The fourth-order valence-electron chi connectivity index (χ4n) is 7.44. The average molecular weight is 768 g/mol. The molecule has 0 saturated carbocycles. The Bertz CT molecular complexity index is 3000. The summed E-state index contributed by atoms with van der Waals surface area (Å²) in [5.41, 5.74) is 14.2. The van der Waals surface area contributed by atoms with E-state index in [0.29, 0.717) is 23.3 Å². The maximum atomic E-state index is 5.13. The second-order valence-electron chi connectivity index (χ2n) is 14.6. The van der Waals surface area contributed by atoms with Crippen LogP contribution in [0.5, 0.6) is 0 Å². The summed E-state index contributed by atoms with van der Waals surface area (Å²) in [5.74, 6) is 2.52. The first-order chi connectivity index (χ1) is 29.7. The van der Waals surface area contributed by atoms with Crippen molar-refractivity contribution in [2.75, 3.05) is 0 Å². The predicted octanol–water partition coefficient (Wildman–Crippen LogP) is 13.7. The van der Waals surface area contributed by atoms with Crippen LogP contribution in [0.1, 0.15) is 0 Å². The zero-order chi connectivity index (χ0) is 40.1. The molecular weight excluding hydrogens is 731 g/mol. The molecule has 0 atom stereocenters. The van der Waals surface area contributed by atoms with Crippen LogP contribution >= 0.6 is 0 Å². The Labute approximate surface area is 349 Å². The molecule has 0 spiro atoms. The molecule has 0 aliphatic rings. The smallest absolute Gasteiger partial charge is 0.164 e. The maximum Gasteiger partial charge on any atom is 0.164 e. The summed E-state index contributed by atoms with van der Waals surface area (Å²) in [4.78, 5) is 25.3. The maximum absolute atomic E-state index is 5.13. The Morgan fingerprint density at radius 2 is 0.450 bits per heavy atom. The molecule has 60 heavy (non-hydrogen) atoms. The lowest BCUT2D eigenvalue weighted by Gasteiger charge is -2.12. The van der Waals surface area contributed by atoms with Crippen LogP contribution in [0.3, 0.4) is 0 Å². The van der Waals surface area contributed by atoms with Gasteiger partial charge in [-0.2, -0.15) is 0 Å². The molecule has 0 saturated heterocycles. The highest BCUT2D eigenvalue weighted by Crippen LogP contribution is 2.33. The van der Waals surface area contributed by atoms with Gasteiger partial charge in [-0.3, -0.25) is 0 Å². The lowest BCUT2D eigenvalue weighted by molar-refractivity contribution is 1.07. The topological polar surface area (TPSA) is 64.5 Å². The predicted molar refractivity (Wildman–Crippen MR) is 244 cm³/mol. The summed E-state index contributed by atoms with van der Waals surface area (Å²) < 4.78 is 0.